The summed E-state index contributed by atoms with van der Waals surface area (Å²) in [6.07, 6.45) is 15.6. The van der Waals surface area contributed by atoms with E-state index in [1.165, 1.54) is 95.7 Å². The topological polar surface area (TPSA) is 150 Å². The average Bonchev–Trinajstić information content (AvgIpc) is 1.43. The molecule has 0 unspecified atom stereocenters. The number of pyridine rings is 10. The molecule has 15 heterocycles. The lowest BCUT2D eigenvalue weighted by atomic mass is 9.86. The summed E-state index contributed by atoms with van der Waals surface area (Å²) in [6, 6.07) is 53.4. The van der Waals surface area contributed by atoms with Crippen LogP contribution in [0.4, 0.5) is 0 Å². The summed E-state index contributed by atoms with van der Waals surface area (Å²) in [4.78, 5) is 23.7. The second-order valence-electron chi connectivity index (χ2n) is 48.0. The maximum Gasteiger partial charge on any atom is 0.227 e. The first-order chi connectivity index (χ1) is 71.1. The minimum absolute atomic E-state index is 0.0161. The average molecular weight is 1970 g/mol. The highest BCUT2D eigenvalue weighted by atomic mass is 16.4. The smallest absolute Gasteiger partial charge is 0.227 e. The number of aromatic nitrogens is 10. The minimum Gasteiger partial charge on any atom is -0.437 e. The largest absolute Gasteiger partial charge is 0.437 e. The second kappa shape index (κ2) is 41.4. The Kier molecular flexibility index (Phi) is 28.0. The Hall–Kier alpha value is -13.4. The first-order valence-electron chi connectivity index (χ1n) is 55.3. The molecule has 0 fully saturated rings. The monoisotopic (exact) mass is 1970 g/mol. The van der Waals surface area contributed by atoms with E-state index >= 15 is 0 Å². The van der Waals surface area contributed by atoms with Crippen LogP contribution in [0.1, 0.15) is 283 Å². The van der Waals surface area contributed by atoms with Gasteiger partial charge in [0.2, 0.25) is 57.0 Å². The molecule has 0 aliphatic carbocycles. The Morgan fingerprint density at radius 2 is 0.476 bits per heavy atom. The van der Waals surface area contributed by atoms with Gasteiger partial charge in [0.05, 0.1) is 27.8 Å². The molecule has 0 bridgehead atoms. The van der Waals surface area contributed by atoms with Crippen LogP contribution in [0.15, 0.2) is 205 Å². The van der Waals surface area contributed by atoms with Gasteiger partial charge in [-0.25, -0.2) is 47.8 Å². The van der Waals surface area contributed by atoms with Crippen LogP contribution in [0.3, 0.4) is 0 Å². The number of aryl methyl sites for hydroxylation is 18. The lowest BCUT2D eigenvalue weighted by Gasteiger charge is -2.19. The molecule has 0 radical (unpaired) electrons. The van der Waals surface area contributed by atoms with Crippen LogP contribution < -0.4 is 22.8 Å². The Morgan fingerprint density at radius 1 is 0.259 bits per heavy atom. The first kappa shape index (κ1) is 99.6. The molecule has 0 saturated carbocycles. The van der Waals surface area contributed by atoms with Gasteiger partial charge in [-0.2, -0.15) is 0 Å². The van der Waals surface area contributed by atoms with Crippen molar-refractivity contribution in [3.8, 4) is 56.3 Å². The highest BCUT2D eigenvalue weighted by Gasteiger charge is 2.33. The van der Waals surface area contributed by atoms with E-state index in [9.17, 15) is 0 Å². The van der Waals surface area contributed by atoms with Crippen molar-refractivity contribution in [2.24, 2.45) is 62.3 Å². The fourth-order valence-electron chi connectivity index (χ4n) is 20.7. The van der Waals surface area contributed by atoms with Crippen molar-refractivity contribution in [1.82, 2.24) is 24.9 Å². The minimum atomic E-state index is -2.45. The molecule has 762 valence electrons. The number of benzene rings is 5. The van der Waals surface area contributed by atoms with E-state index in [0.29, 0.717) is 28.8 Å². The maximum atomic E-state index is 8.89. The molecule has 0 spiro atoms. The fourth-order valence-corrected chi connectivity index (χ4v) is 20.7. The van der Waals surface area contributed by atoms with Gasteiger partial charge in [-0.05, 0) is 276 Å². The predicted octanol–water partition coefficient (Wildman–Crippen LogP) is 32.3. The molecular weight excluding hydrogens is 1810 g/mol. The van der Waals surface area contributed by atoms with Gasteiger partial charge in [0.15, 0.2) is 58.9 Å². The Balaban J connectivity index is 0.000000135. The number of hydrogen-bond acceptors (Lipinski definition) is 10. The Bertz CT molecular complexity index is 8330. The molecule has 15 nitrogen and oxygen atoms in total. The van der Waals surface area contributed by atoms with Crippen molar-refractivity contribution in [2.45, 2.75) is 285 Å². The van der Waals surface area contributed by atoms with Gasteiger partial charge in [0.25, 0.3) is 0 Å². The third-order valence-electron chi connectivity index (χ3n) is 28.4. The molecule has 20 rings (SSSR count). The zero-order valence-electron chi connectivity index (χ0n) is 99.4. The number of nitrogens with zero attached hydrogens (tertiary/aromatic N) is 10. The Morgan fingerprint density at radius 3 is 0.694 bits per heavy atom. The van der Waals surface area contributed by atoms with E-state index < -0.39 is 18.6 Å². The highest BCUT2D eigenvalue weighted by molar-refractivity contribution is 6.13. The highest BCUT2D eigenvalue weighted by Crippen LogP contribution is 2.46. The molecule has 15 heteroatoms. The maximum absolute atomic E-state index is 8.89. The third-order valence-corrected chi connectivity index (χ3v) is 28.4. The number of rotatable bonds is 15. The summed E-state index contributed by atoms with van der Waals surface area (Å²) >= 11 is 0. The van der Waals surface area contributed by atoms with Gasteiger partial charge in [0, 0.05) is 147 Å². The van der Waals surface area contributed by atoms with Crippen LogP contribution in [0.25, 0.3) is 167 Å². The molecule has 0 amide bonds. The van der Waals surface area contributed by atoms with E-state index in [4.69, 9.17) is 48.9 Å². The molecule has 0 atom stereocenters. The zero-order chi connectivity index (χ0) is 111. The van der Waals surface area contributed by atoms with Gasteiger partial charge in [0.1, 0.15) is 35.2 Å². The number of hydrogen-bond donors (Lipinski definition) is 0. The lowest BCUT2D eigenvalue weighted by Crippen LogP contribution is -2.32. The molecule has 147 heavy (non-hydrogen) atoms. The van der Waals surface area contributed by atoms with Crippen LogP contribution in [-0.4, -0.2) is 24.9 Å². The normalized spacial score (nSPS) is 13.0. The van der Waals surface area contributed by atoms with Crippen LogP contribution in [-0.2, 0) is 86.6 Å². The molecule has 0 saturated heterocycles. The van der Waals surface area contributed by atoms with E-state index in [-0.39, 0.29) is 32.8 Å². The summed E-state index contributed by atoms with van der Waals surface area (Å²) in [5.74, 6) is 0.749. The molecule has 15 aromatic heterocycles. The summed E-state index contributed by atoms with van der Waals surface area (Å²) < 4.78 is 84.5. The standard InChI is InChI=1S/2C27H33N2O.3C26H31N2O/c2*1-16(2)22-12-11-21-20-10-9-17(3)24(25(20)30-26(21)28-22)23-13-18(4)19(15-29(23)8)14-27(5,6)7;1-8-19-10-12-21-20-11-9-16(2)23(24(20)29-25(21)27-19)22-13-18(14-26(4,5)6)17(3)15-28(22)7;2*1-8-19-10-12-21-20-11-9-16(2)23(24(20)29-25(21)27-19)22-13-17(3)18(15-28(22)7)14-26(4,5)6/h2*9-13,15-16H,14H2,1-8H3;3*9-13,15H,8,14H2,1-7H3/q5*+1/i;;3D3,14D2;;. The summed E-state index contributed by atoms with van der Waals surface area (Å²) in [5, 5.41) is 10.7. The van der Waals surface area contributed by atoms with Crippen LogP contribution >= 0.6 is 0 Å². The van der Waals surface area contributed by atoms with Crippen molar-refractivity contribution in [2.75, 3.05) is 0 Å². The fraction of sp³-hybridized carbons (Fsp3) is 0.394. The van der Waals surface area contributed by atoms with E-state index in [0.717, 1.165) is 206 Å². The van der Waals surface area contributed by atoms with Gasteiger partial charge < -0.3 is 22.1 Å². The van der Waals surface area contributed by atoms with E-state index in [1.807, 2.05) is 38.1 Å². The second-order valence-corrected chi connectivity index (χ2v) is 48.0. The van der Waals surface area contributed by atoms with E-state index in [1.54, 1.807) is 38.5 Å². The predicted molar refractivity (Wildman–Crippen MR) is 610 cm³/mol. The molecule has 0 N–H and O–H groups in total. The third kappa shape index (κ3) is 22.7. The summed E-state index contributed by atoms with van der Waals surface area (Å²) in [6.45, 7) is 64.8. The van der Waals surface area contributed by atoms with Crippen molar-refractivity contribution in [3.05, 3.63) is 295 Å². The van der Waals surface area contributed by atoms with Crippen LogP contribution in [0.2, 0.25) is 0 Å². The van der Waals surface area contributed by atoms with E-state index in [2.05, 4.69) is 378 Å². The molecule has 0 aliphatic heterocycles. The quantitative estimate of drug-likeness (QED) is 0.0908. The van der Waals surface area contributed by atoms with Crippen molar-refractivity contribution < 1.29 is 51.8 Å². The SMILES string of the molecule is CCc1ccc2c(n1)oc1c(-c3cc(C)c(CC(C)(C)C)c[n+]3C)c(C)ccc12.CCc1ccc2c(n1)oc1c(-c3cc(C)c(CC(C)(C)C)c[n+]3C)c(C)ccc12.Cc1cc(-c2c(C)ccc3c2oc2nc(C(C)C)ccc23)[n+](C)cc1CC(C)(C)C.Cc1cc(-c2c(C)ccc3c2oc2nc(C(C)C)ccc23)[n+](C)cc1CC(C)(C)C.[2H]C([2H])([2H])c1c[n+](C)c(-c2c(C)ccc3c2oc2nc(CC)ccc23)cc1C([2H])([2H])C(C)(C)C. The van der Waals surface area contributed by atoms with Crippen molar-refractivity contribution in [3.63, 3.8) is 0 Å². The molecule has 20 aromatic rings. The molecule has 5 aromatic carbocycles. The van der Waals surface area contributed by atoms with Gasteiger partial charge in [-0.1, -0.05) is 213 Å². The molecule has 0 aliphatic rings. The number of furan rings is 5. The van der Waals surface area contributed by atoms with Crippen molar-refractivity contribution >= 4 is 110 Å². The Labute approximate surface area is 879 Å². The van der Waals surface area contributed by atoms with Crippen LogP contribution in [0, 0.1) is 96.2 Å². The summed E-state index contributed by atoms with van der Waals surface area (Å²) in [7, 11) is 10.3. The van der Waals surface area contributed by atoms with Gasteiger partial charge >= 0.3 is 0 Å². The number of fused-ring (bicyclic) bond motifs is 15. The first-order valence-corrected chi connectivity index (χ1v) is 52.8. The van der Waals surface area contributed by atoms with Gasteiger partial charge in [-0.3, -0.25) is 0 Å². The van der Waals surface area contributed by atoms with Gasteiger partial charge in [-0.15, -0.1) is 0 Å². The van der Waals surface area contributed by atoms with Crippen molar-refractivity contribution in [1.29, 1.82) is 0 Å². The van der Waals surface area contributed by atoms with Crippen LogP contribution in [0.5, 0.6) is 0 Å². The lowest BCUT2D eigenvalue weighted by molar-refractivity contribution is -0.661. The zero-order valence-corrected chi connectivity index (χ0v) is 94.4. The molecular formula is C132H159N10O5+5. The summed E-state index contributed by atoms with van der Waals surface area (Å²) in [5.41, 5.74) is 41.0.